The van der Waals surface area contributed by atoms with E-state index in [1.807, 2.05) is 0 Å². The Morgan fingerprint density at radius 3 is 2.12 bits per heavy atom. The first kappa shape index (κ1) is 13.1. The monoisotopic (exact) mass is 243 g/mol. The van der Waals surface area contributed by atoms with Gasteiger partial charge in [0.05, 0.1) is 0 Å². The van der Waals surface area contributed by atoms with Gasteiger partial charge in [-0.25, -0.2) is 9.18 Å². The number of nitrogens with one attached hydrogen (secondary N) is 1. The molecule has 0 bridgehead atoms. The van der Waals surface area contributed by atoms with Crippen molar-refractivity contribution in [2.45, 2.75) is 12.2 Å². The van der Waals surface area contributed by atoms with E-state index in [1.165, 1.54) is 12.1 Å². The number of amides is 1. The first-order valence-corrected chi connectivity index (χ1v) is 4.57. The Balaban J connectivity index is 2.66. The van der Waals surface area contributed by atoms with Crippen LogP contribution in [0.25, 0.3) is 0 Å². The number of carbonyl (C=O) groups is 2. The van der Waals surface area contributed by atoms with Crippen LogP contribution >= 0.6 is 0 Å². The summed E-state index contributed by atoms with van der Waals surface area (Å²) in [5.74, 6) is -3.31. The lowest BCUT2D eigenvalue weighted by Crippen LogP contribution is -2.42. The van der Waals surface area contributed by atoms with Crippen molar-refractivity contribution in [3.63, 3.8) is 0 Å². The standard InChI is InChI=1S/C10H10FNO5/c11-5-1-3-6(4-2-5)12-9(15)7(13)8(14)10(16)17/h1-4,7-8,13-14H,(H,12,15)(H,16,17)/t7-,8+/m0/s1. The van der Waals surface area contributed by atoms with Gasteiger partial charge in [0.15, 0.2) is 12.2 Å². The SMILES string of the molecule is O=C(Nc1ccc(F)cc1)[C@@H](O)[C@@H](O)C(=O)O. The van der Waals surface area contributed by atoms with Gasteiger partial charge < -0.3 is 20.6 Å². The van der Waals surface area contributed by atoms with Crippen molar-refractivity contribution >= 4 is 17.6 Å². The third kappa shape index (κ3) is 3.51. The van der Waals surface area contributed by atoms with Gasteiger partial charge >= 0.3 is 5.97 Å². The molecule has 0 aliphatic carbocycles. The minimum Gasteiger partial charge on any atom is -0.479 e. The summed E-state index contributed by atoms with van der Waals surface area (Å²) in [5.41, 5.74) is 0.174. The second-order valence-corrected chi connectivity index (χ2v) is 3.22. The molecule has 6 nitrogen and oxygen atoms in total. The van der Waals surface area contributed by atoms with Crippen LogP contribution in [0.4, 0.5) is 10.1 Å². The van der Waals surface area contributed by atoms with Gasteiger partial charge in [-0.05, 0) is 24.3 Å². The van der Waals surface area contributed by atoms with E-state index in [1.54, 1.807) is 0 Å². The molecule has 1 aromatic rings. The highest BCUT2D eigenvalue weighted by molar-refractivity contribution is 5.97. The number of carbonyl (C=O) groups excluding carboxylic acids is 1. The lowest BCUT2D eigenvalue weighted by molar-refractivity contribution is -0.156. The molecule has 1 amide bonds. The molecule has 0 saturated heterocycles. The van der Waals surface area contributed by atoms with Crippen LogP contribution in [0, 0.1) is 5.82 Å². The number of carboxylic acid groups (broad SMARTS) is 1. The number of aliphatic hydroxyl groups excluding tert-OH is 2. The van der Waals surface area contributed by atoms with E-state index in [9.17, 15) is 14.0 Å². The van der Waals surface area contributed by atoms with Crippen molar-refractivity contribution in [2.24, 2.45) is 0 Å². The van der Waals surface area contributed by atoms with Crippen molar-refractivity contribution < 1.29 is 29.3 Å². The van der Waals surface area contributed by atoms with E-state index in [0.29, 0.717) is 0 Å². The molecule has 1 aromatic carbocycles. The quantitative estimate of drug-likeness (QED) is 0.574. The Kier molecular flexibility index (Phi) is 4.13. The summed E-state index contributed by atoms with van der Waals surface area (Å²) in [6, 6.07) is 4.62. The fraction of sp³-hybridized carbons (Fsp3) is 0.200. The summed E-state index contributed by atoms with van der Waals surface area (Å²) < 4.78 is 12.5. The topological polar surface area (TPSA) is 107 Å². The summed E-state index contributed by atoms with van der Waals surface area (Å²) in [7, 11) is 0. The smallest absolute Gasteiger partial charge is 0.335 e. The van der Waals surface area contributed by atoms with E-state index in [0.717, 1.165) is 12.1 Å². The molecule has 0 unspecified atom stereocenters. The summed E-state index contributed by atoms with van der Waals surface area (Å²) in [4.78, 5) is 21.6. The van der Waals surface area contributed by atoms with Gasteiger partial charge in [0.1, 0.15) is 5.82 Å². The second kappa shape index (κ2) is 5.37. The molecule has 0 aliphatic heterocycles. The Bertz CT molecular complexity index is 419. The van der Waals surface area contributed by atoms with Gasteiger partial charge in [-0.15, -0.1) is 0 Å². The van der Waals surface area contributed by atoms with Crippen LogP contribution in [0.1, 0.15) is 0 Å². The average Bonchev–Trinajstić information content (AvgIpc) is 2.30. The normalized spacial score (nSPS) is 13.8. The lowest BCUT2D eigenvalue weighted by atomic mass is 10.2. The largest absolute Gasteiger partial charge is 0.479 e. The van der Waals surface area contributed by atoms with E-state index >= 15 is 0 Å². The second-order valence-electron chi connectivity index (χ2n) is 3.22. The molecule has 0 radical (unpaired) electrons. The van der Waals surface area contributed by atoms with Crippen LogP contribution in [-0.2, 0) is 9.59 Å². The highest BCUT2D eigenvalue weighted by atomic mass is 19.1. The molecule has 0 aliphatic rings. The molecule has 4 N–H and O–H groups in total. The molecular weight excluding hydrogens is 233 g/mol. The van der Waals surface area contributed by atoms with Gasteiger partial charge in [-0.3, -0.25) is 4.79 Å². The van der Waals surface area contributed by atoms with E-state index in [-0.39, 0.29) is 5.69 Å². The molecule has 92 valence electrons. The minimum atomic E-state index is -2.21. The third-order valence-corrected chi connectivity index (χ3v) is 1.93. The van der Waals surface area contributed by atoms with Crippen molar-refractivity contribution in [1.29, 1.82) is 0 Å². The number of hydrogen-bond acceptors (Lipinski definition) is 4. The van der Waals surface area contributed by atoms with E-state index in [4.69, 9.17) is 15.3 Å². The van der Waals surface area contributed by atoms with Gasteiger partial charge in [0.25, 0.3) is 5.91 Å². The maximum atomic E-state index is 12.5. The van der Waals surface area contributed by atoms with Gasteiger partial charge in [0.2, 0.25) is 0 Å². The Morgan fingerprint density at radius 1 is 1.12 bits per heavy atom. The van der Waals surface area contributed by atoms with E-state index in [2.05, 4.69) is 5.32 Å². The molecule has 1 rings (SSSR count). The average molecular weight is 243 g/mol. The summed E-state index contributed by atoms with van der Waals surface area (Å²) in [5, 5.41) is 28.6. The van der Waals surface area contributed by atoms with E-state index < -0.39 is 29.9 Å². The Morgan fingerprint density at radius 2 is 1.65 bits per heavy atom. The molecule has 0 spiro atoms. The Labute approximate surface area is 95.3 Å². The summed E-state index contributed by atoms with van der Waals surface area (Å²) in [6.07, 6.45) is -4.31. The highest BCUT2D eigenvalue weighted by Gasteiger charge is 2.29. The van der Waals surface area contributed by atoms with Crippen molar-refractivity contribution in [1.82, 2.24) is 0 Å². The number of hydrogen-bond donors (Lipinski definition) is 4. The van der Waals surface area contributed by atoms with Crippen LogP contribution in [0.3, 0.4) is 0 Å². The molecule has 2 atom stereocenters. The highest BCUT2D eigenvalue weighted by Crippen LogP contribution is 2.09. The van der Waals surface area contributed by atoms with Gasteiger partial charge in [-0.2, -0.15) is 0 Å². The minimum absolute atomic E-state index is 0.174. The van der Waals surface area contributed by atoms with Crippen molar-refractivity contribution in [3.8, 4) is 0 Å². The lowest BCUT2D eigenvalue weighted by Gasteiger charge is -2.13. The molecular formula is C10H10FNO5. The van der Waals surface area contributed by atoms with Crippen molar-refractivity contribution in [2.75, 3.05) is 5.32 Å². The Hall–Kier alpha value is -1.99. The van der Waals surface area contributed by atoms with Gasteiger partial charge in [0, 0.05) is 5.69 Å². The number of benzene rings is 1. The maximum Gasteiger partial charge on any atom is 0.335 e. The number of rotatable bonds is 4. The maximum absolute atomic E-state index is 12.5. The number of anilines is 1. The number of halogens is 1. The molecule has 0 aromatic heterocycles. The van der Waals surface area contributed by atoms with Gasteiger partial charge in [-0.1, -0.05) is 0 Å². The molecule has 0 fully saturated rings. The first-order chi connectivity index (χ1) is 7.91. The fourth-order valence-electron chi connectivity index (χ4n) is 1.03. The summed E-state index contributed by atoms with van der Waals surface area (Å²) >= 11 is 0. The third-order valence-electron chi connectivity index (χ3n) is 1.93. The zero-order valence-corrected chi connectivity index (χ0v) is 8.50. The van der Waals surface area contributed by atoms with Crippen LogP contribution in [0.15, 0.2) is 24.3 Å². The van der Waals surface area contributed by atoms with Crippen LogP contribution < -0.4 is 5.32 Å². The summed E-state index contributed by atoms with van der Waals surface area (Å²) in [6.45, 7) is 0. The molecule has 0 heterocycles. The molecule has 17 heavy (non-hydrogen) atoms. The van der Waals surface area contributed by atoms with Crippen LogP contribution in [0.2, 0.25) is 0 Å². The number of aliphatic hydroxyl groups is 2. The number of carboxylic acids is 1. The molecule has 0 saturated carbocycles. The fourth-order valence-corrected chi connectivity index (χ4v) is 1.03. The predicted molar refractivity (Wildman–Crippen MR) is 54.7 cm³/mol. The zero-order valence-electron chi connectivity index (χ0n) is 8.50. The van der Waals surface area contributed by atoms with Crippen LogP contribution in [-0.4, -0.2) is 39.4 Å². The zero-order chi connectivity index (χ0) is 13.0. The number of aliphatic carboxylic acids is 1. The predicted octanol–water partition coefficient (Wildman–Crippen LogP) is -0.429. The van der Waals surface area contributed by atoms with Crippen molar-refractivity contribution in [3.05, 3.63) is 30.1 Å². The van der Waals surface area contributed by atoms with Crippen LogP contribution in [0.5, 0.6) is 0 Å². The molecule has 7 heteroatoms. The first-order valence-electron chi connectivity index (χ1n) is 4.57.